The molecule has 1 saturated carbocycles. The van der Waals surface area contributed by atoms with Crippen LogP contribution in [0.1, 0.15) is 25.7 Å². The Morgan fingerprint density at radius 2 is 2.23 bits per heavy atom. The number of Topliss-reactive ketones (excluding diaryl/α,β-unsaturated/α-hetero) is 1. The van der Waals surface area contributed by atoms with Crippen molar-refractivity contribution in [3.63, 3.8) is 0 Å². The van der Waals surface area contributed by atoms with Crippen molar-refractivity contribution in [2.75, 3.05) is 13.1 Å². The van der Waals surface area contributed by atoms with E-state index >= 15 is 0 Å². The van der Waals surface area contributed by atoms with Gasteiger partial charge in [0.15, 0.2) is 5.78 Å². The van der Waals surface area contributed by atoms with Crippen molar-refractivity contribution < 1.29 is 9.59 Å². The van der Waals surface area contributed by atoms with Gasteiger partial charge < -0.3 is 10.2 Å². The standard InChI is InChI=1S/C9H14N2O2/c12-8-2-1-5-11(6-8)9(13)10-7-3-4-7/h7H,1-6H2,(H,10,13). The van der Waals surface area contributed by atoms with Crippen molar-refractivity contribution in [2.24, 2.45) is 0 Å². The van der Waals surface area contributed by atoms with E-state index in [9.17, 15) is 9.59 Å². The molecule has 13 heavy (non-hydrogen) atoms. The van der Waals surface area contributed by atoms with Crippen molar-refractivity contribution in [1.29, 1.82) is 0 Å². The van der Waals surface area contributed by atoms with Gasteiger partial charge in [-0.15, -0.1) is 0 Å². The first-order chi connectivity index (χ1) is 6.25. The van der Waals surface area contributed by atoms with E-state index in [-0.39, 0.29) is 11.8 Å². The molecule has 1 aliphatic carbocycles. The number of likely N-dealkylation sites (tertiary alicyclic amines) is 1. The molecular weight excluding hydrogens is 168 g/mol. The van der Waals surface area contributed by atoms with Crippen molar-refractivity contribution in [3.8, 4) is 0 Å². The van der Waals surface area contributed by atoms with E-state index in [1.807, 2.05) is 0 Å². The van der Waals surface area contributed by atoms with Gasteiger partial charge in [-0.1, -0.05) is 0 Å². The van der Waals surface area contributed by atoms with Crippen LogP contribution in [0.3, 0.4) is 0 Å². The summed E-state index contributed by atoms with van der Waals surface area (Å²) in [4.78, 5) is 24.1. The predicted molar refractivity (Wildman–Crippen MR) is 47.4 cm³/mol. The molecule has 0 aromatic carbocycles. The van der Waals surface area contributed by atoms with E-state index in [1.165, 1.54) is 0 Å². The number of hydrogen-bond acceptors (Lipinski definition) is 2. The maximum absolute atomic E-state index is 11.5. The van der Waals surface area contributed by atoms with Crippen LogP contribution in [-0.4, -0.2) is 35.8 Å². The minimum absolute atomic E-state index is 0.0597. The predicted octanol–water partition coefficient (Wildman–Crippen LogP) is 0.523. The van der Waals surface area contributed by atoms with Crippen LogP contribution in [0.4, 0.5) is 4.79 Å². The second-order valence-corrected chi connectivity index (χ2v) is 3.79. The summed E-state index contributed by atoms with van der Waals surface area (Å²) in [6, 6.07) is 0.320. The summed E-state index contributed by atoms with van der Waals surface area (Å²) in [6.45, 7) is 1.03. The lowest BCUT2D eigenvalue weighted by Gasteiger charge is -2.25. The molecule has 0 atom stereocenters. The topological polar surface area (TPSA) is 49.4 Å². The van der Waals surface area contributed by atoms with E-state index in [1.54, 1.807) is 4.90 Å². The third-order valence-corrected chi connectivity index (χ3v) is 2.44. The third-order valence-electron chi connectivity index (χ3n) is 2.44. The fourth-order valence-electron chi connectivity index (χ4n) is 1.51. The van der Waals surface area contributed by atoms with E-state index in [4.69, 9.17) is 0 Å². The Bertz CT molecular complexity index is 236. The SMILES string of the molecule is O=C1CCCN(C(=O)NC2CC2)C1. The van der Waals surface area contributed by atoms with Gasteiger partial charge in [-0.25, -0.2) is 4.79 Å². The minimum Gasteiger partial charge on any atom is -0.335 e. The number of nitrogens with one attached hydrogen (secondary N) is 1. The quantitative estimate of drug-likeness (QED) is 0.642. The smallest absolute Gasteiger partial charge is 0.318 e. The number of nitrogens with zero attached hydrogens (tertiary/aromatic N) is 1. The molecule has 2 amide bonds. The van der Waals surface area contributed by atoms with Gasteiger partial charge in [0.1, 0.15) is 0 Å². The zero-order valence-corrected chi connectivity index (χ0v) is 7.58. The van der Waals surface area contributed by atoms with Crippen molar-refractivity contribution in [3.05, 3.63) is 0 Å². The molecule has 72 valence electrons. The first-order valence-electron chi connectivity index (χ1n) is 4.83. The molecule has 0 unspecified atom stereocenters. The van der Waals surface area contributed by atoms with Crippen molar-refractivity contribution in [2.45, 2.75) is 31.7 Å². The van der Waals surface area contributed by atoms with Gasteiger partial charge in [0.05, 0.1) is 6.54 Å². The average molecular weight is 182 g/mol. The van der Waals surface area contributed by atoms with Crippen LogP contribution in [0.25, 0.3) is 0 Å². The maximum atomic E-state index is 11.5. The summed E-state index contributed by atoms with van der Waals surface area (Å²) in [7, 11) is 0. The van der Waals surface area contributed by atoms with E-state index in [0.29, 0.717) is 19.0 Å². The second kappa shape index (κ2) is 3.36. The van der Waals surface area contributed by atoms with Gasteiger partial charge in [0.25, 0.3) is 0 Å². The van der Waals surface area contributed by atoms with Crippen LogP contribution in [0.15, 0.2) is 0 Å². The lowest BCUT2D eigenvalue weighted by Crippen LogP contribution is -2.46. The monoisotopic (exact) mass is 182 g/mol. The number of piperidine rings is 1. The Balaban J connectivity index is 1.83. The molecule has 0 aromatic heterocycles. The molecule has 2 fully saturated rings. The lowest BCUT2D eigenvalue weighted by atomic mass is 10.1. The number of urea groups is 1. The fraction of sp³-hybridized carbons (Fsp3) is 0.778. The summed E-state index contributed by atoms with van der Waals surface area (Å²) >= 11 is 0. The Kier molecular flexibility index (Phi) is 2.20. The van der Waals surface area contributed by atoms with Gasteiger partial charge in [0.2, 0.25) is 0 Å². The van der Waals surface area contributed by atoms with Gasteiger partial charge in [-0.3, -0.25) is 4.79 Å². The number of amides is 2. The summed E-state index contributed by atoms with van der Waals surface area (Å²) in [6.07, 6.45) is 3.63. The summed E-state index contributed by atoms with van der Waals surface area (Å²) < 4.78 is 0. The zero-order valence-electron chi connectivity index (χ0n) is 7.58. The van der Waals surface area contributed by atoms with Crippen molar-refractivity contribution in [1.82, 2.24) is 10.2 Å². The molecule has 0 bridgehead atoms. The Morgan fingerprint density at radius 3 is 2.85 bits per heavy atom. The molecule has 2 rings (SSSR count). The number of carbonyl (C=O) groups is 2. The van der Waals surface area contributed by atoms with E-state index in [2.05, 4.69) is 5.32 Å². The van der Waals surface area contributed by atoms with E-state index < -0.39 is 0 Å². The second-order valence-electron chi connectivity index (χ2n) is 3.79. The summed E-state index contributed by atoms with van der Waals surface area (Å²) in [5.74, 6) is 0.178. The van der Waals surface area contributed by atoms with Crippen LogP contribution in [0, 0.1) is 0 Å². The Hall–Kier alpha value is -1.06. The fourth-order valence-corrected chi connectivity index (χ4v) is 1.51. The molecule has 0 spiro atoms. The van der Waals surface area contributed by atoms with Gasteiger partial charge in [-0.2, -0.15) is 0 Å². The van der Waals surface area contributed by atoms with Crippen LogP contribution < -0.4 is 5.32 Å². The molecule has 1 heterocycles. The normalized spacial score (nSPS) is 23.1. The summed E-state index contributed by atoms with van der Waals surface area (Å²) in [5.41, 5.74) is 0. The minimum atomic E-state index is -0.0597. The van der Waals surface area contributed by atoms with E-state index in [0.717, 1.165) is 25.8 Å². The number of ketones is 1. The molecular formula is C9H14N2O2. The molecule has 1 aliphatic heterocycles. The van der Waals surface area contributed by atoms with Crippen LogP contribution in [0.2, 0.25) is 0 Å². The van der Waals surface area contributed by atoms with Gasteiger partial charge in [-0.05, 0) is 19.3 Å². The number of rotatable bonds is 1. The molecule has 0 radical (unpaired) electrons. The molecule has 1 saturated heterocycles. The van der Waals surface area contributed by atoms with Crippen LogP contribution in [-0.2, 0) is 4.79 Å². The third kappa shape index (κ3) is 2.20. The first-order valence-corrected chi connectivity index (χ1v) is 4.83. The van der Waals surface area contributed by atoms with Gasteiger partial charge in [0, 0.05) is 19.0 Å². The largest absolute Gasteiger partial charge is 0.335 e. The molecule has 2 aliphatic rings. The maximum Gasteiger partial charge on any atom is 0.318 e. The number of carbonyl (C=O) groups excluding carboxylic acids is 2. The van der Waals surface area contributed by atoms with Crippen molar-refractivity contribution >= 4 is 11.8 Å². The highest BCUT2D eigenvalue weighted by atomic mass is 16.2. The summed E-state index contributed by atoms with van der Waals surface area (Å²) in [5, 5.41) is 2.88. The average Bonchev–Trinajstić information content (AvgIpc) is 2.88. The lowest BCUT2D eigenvalue weighted by molar-refractivity contribution is -0.121. The van der Waals surface area contributed by atoms with Gasteiger partial charge >= 0.3 is 6.03 Å². The highest BCUT2D eigenvalue weighted by molar-refractivity contribution is 5.86. The molecule has 0 aromatic rings. The van der Waals surface area contributed by atoms with Crippen LogP contribution >= 0.6 is 0 Å². The molecule has 4 heteroatoms. The first kappa shape index (κ1) is 8.53. The highest BCUT2D eigenvalue weighted by Gasteiger charge is 2.27. The number of hydrogen-bond donors (Lipinski definition) is 1. The molecule has 1 N–H and O–H groups in total. The zero-order chi connectivity index (χ0) is 9.26. The van der Waals surface area contributed by atoms with Crippen LogP contribution in [0.5, 0.6) is 0 Å². The Labute approximate surface area is 77.3 Å². The molecule has 4 nitrogen and oxygen atoms in total. The highest BCUT2D eigenvalue weighted by Crippen LogP contribution is 2.19. The Morgan fingerprint density at radius 1 is 1.46 bits per heavy atom.